The average Bonchev–Trinajstić information content (AvgIpc) is 2.56. The molecule has 23 heavy (non-hydrogen) atoms. The molecular weight excluding hydrogens is 292 g/mol. The minimum absolute atomic E-state index is 0.0797. The predicted octanol–water partition coefficient (Wildman–Crippen LogP) is 1.39. The Morgan fingerprint density at radius 3 is 2.74 bits per heavy atom. The van der Waals surface area contributed by atoms with Gasteiger partial charge in [0.05, 0.1) is 0 Å². The van der Waals surface area contributed by atoms with E-state index in [1.54, 1.807) is 32.1 Å². The number of benzene rings is 1. The monoisotopic (exact) mass is 318 g/mol. The normalized spacial score (nSPS) is 10.8. The highest BCUT2D eigenvalue weighted by atomic mass is 16.5. The molecule has 2 N–H and O–H groups in total. The molecule has 0 aromatic heterocycles. The van der Waals surface area contributed by atoms with Crippen molar-refractivity contribution in [1.29, 1.82) is 0 Å². The first-order valence-electron chi connectivity index (χ1n) is 7.54. The SMILES string of the molecule is C=CCOc1ccccc1CNC(=NC)NCCC(=O)N(C)C. The molecule has 0 aliphatic carbocycles. The molecule has 1 amide bonds. The van der Waals surface area contributed by atoms with Gasteiger partial charge in [0.25, 0.3) is 0 Å². The van der Waals surface area contributed by atoms with E-state index in [4.69, 9.17) is 4.74 Å². The minimum Gasteiger partial charge on any atom is -0.489 e. The summed E-state index contributed by atoms with van der Waals surface area (Å²) in [6.45, 7) is 5.23. The van der Waals surface area contributed by atoms with Gasteiger partial charge in [-0.15, -0.1) is 0 Å². The molecule has 0 unspecified atom stereocenters. The average molecular weight is 318 g/mol. The van der Waals surface area contributed by atoms with Crippen LogP contribution in [0.3, 0.4) is 0 Å². The molecule has 1 rings (SSSR count). The molecule has 1 aromatic carbocycles. The van der Waals surface area contributed by atoms with E-state index in [2.05, 4.69) is 22.2 Å². The van der Waals surface area contributed by atoms with Gasteiger partial charge in [-0.3, -0.25) is 9.79 Å². The number of ether oxygens (including phenoxy) is 1. The third-order valence-electron chi connectivity index (χ3n) is 3.13. The van der Waals surface area contributed by atoms with E-state index in [1.807, 2.05) is 24.3 Å². The maximum Gasteiger partial charge on any atom is 0.223 e. The van der Waals surface area contributed by atoms with Crippen LogP contribution in [0, 0.1) is 0 Å². The zero-order valence-electron chi connectivity index (χ0n) is 14.1. The zero-order valence-corrected chi connectivity index (χ0v) is 14.1. The van der Waals surface area contributed by atoms with Crippen LogP contribution in [-0.4, -0.2) is 51.1 Å². The molecule has 0 saturated heterocycles. The molecule has 0 aliphatic rings. The summed E-state index contributed by atoms with van der Waals surface area (Å²) >= 11 is 0. The number of aliphatic imine (C=N–C) groups is 1. The van der Waals surface area contributed by atoms with E-state index in [9.17, 15) is 4.79 Å². The van der Waals surface area contributed by atoms with E-state index in [0.717, 1.165) is 11.3 Å². The molecule has 0 saturated carbocycles. The largest absolute Gasteiger partial charge is 0.489 e. The Labute approximate surface area is 138 Å². The maximum atomic E-state index is 11.5. The van der Waals surface area contributed by atoms with Crippen LogP contribution >= 0.6 is 0 Å². The van der Waals surface area contributed by atoms with E-state index in [-0.39, 0.29) is 5.91 Å². The van der Waals surface area contributed by atoms with Crippen molar-refractivity contribution in [2.24, 2.45) is 4.99 Å². The van der Waals surface area contributed by atoms with E-state index < -0.39 is 0 Å². The van der Waals surface area contributed by atoms with Gasteiger partial charge in [0.15, 0.2) is 5.96 Å². The van der Waals surface area contributed by atoms with Gasteiger partial charge in [0, 0.05) is 46.2 Å². The van der Waals surface area contributed by atoms with Crippen LogP contribution in [0.2, 0.25) is 0 Å². The van der Waals surface area contributed by atoms with Crippen LogP contribution < -0.4 is 15.4 Å². The van der Waals surface area contributed by atoms with Gasteiger partial charge < -0.3 is 20.3 Å². The molecule has 0 aliphatic heterocycles. The molecular formula is C17H26N4O2. The summed E-state index contributed by atoms with van der Waals surface area (Å²) in [6.07, 6.45) is 2.14. The number of carbonyl (C=O) groups excluding carboxylic acids is 1. The summed E-state index contributed by atoms with van der Waals surface area (Å²) in [5.74, 6) is 1.55. The van der Waals surface area contributed by atoms with Crippen LogP contribution in [-0.2, 0) is 11.3 Å². The highest BCUT2D eigenvalue weighted by Gasteiger charge is 2.06. The standard InChI is InChI=1S/C17H26N4O2/c1-5-12-23-15-9-7-6-8-14(15)13-20-17(18-2)19-11-10-16(22)21(3)4/h5-9H,1,10-13H2,2-4H3,(H2,18,19,20). The van der Waals surface area contributed by atoms with Crippen molar-refractivity contribution in [3.63, 3.8) is 0 Å². The van der Waals surface area contributed by atoms with E-state index >= 15 is 0 Å². The maximum absolute atomic E-state index is 11.5. The molecule has 0 fully saturated rings. The quantitative estimate of drug-likeness (QED) is 0.432. The lowest BCUT2D eigenvalue weighted by Gasteiger charge is -2.15. The van der Waals surface area contributed by atoms with Gasteiger partial charge in [-0.2, -0.15) is 0 Å². The lowest BCUT2D eigenvalue weighted by atomic mass is 10.2. The van der Waals surface area contributed by atoms with Gasteiger partial charge in [0.1, 0.15) is 12.4 Å². The van der Waals surface area contributed by atoms with Crippen LogP contribution in [0.25, 0.3) is 0 Å². The van der Waals surface area contributed by atoms with Crippen molar-refractivity contribution in [2.45, 2.75) is 13.0 Å². The third kappa shape index (κ3) is 6.86. The van der Waals surface area contributed by atoms with Crippen molar-refractivity contribution in [2.75, 3.05) is 34.3 Å². The number of nitrogens with one attached hydrogen (secondary N) is 2. The highest BCUT2D eigenvalue weighted by molar-refractivity contribution is 5.81. The molecule has 0 spiro atoms. The number of para-hydroxylation sites is 1. The van der Waals surface area contributed by atoms with Gasteiger partial charge in [-0.05, 0) is 6.07 Å². The van der Waals surface area contributed by atoms with Gasteiger partial charge >= 0.3 is 0 Å². The van der Waals surface area contributed by atoms with Crippen molar-refractivity contribution < 1.29 is 9.53 Å². The van der Waals surface area contributed by atoms with Crippen LogP contribution in [0.4, 0.5) is 0 Å². The minimum atomic E-state index is 0.0797. The zero-order chi connectivity index (χ0) is 17.1. The molecule has 6 nitrogen and oxygen atoms in total. The van der Waals surface area contributed by atoms with Crippen LogP contribution in [0.5, 0.6) is 5.75 Å². The summed E-state index contributed by atoms with van der Waals surface area (Å²) in [7, 11) is 5.19. The first-order chi connectivity index (χ1) is 11.1. The number of guanidine groups is 1. The Bertz CT molecular complexity index is 541. The summed E-state index contributed by atoms with van der Waals surface area (Å²) in [6, 6.07) is 7.81. The van der Waals surface area contributed by atoms with Crippen molar-refractivity contribution in [3.05, 3.63) is 42.5 Å². The molecule has 0 bridgehead atoms. The second-order valence-electron chi connectivity index (χ2n) is 5.10. The Balaban J connectivity index is 2.49. The number of rotatable bonds is 8. The van der Waals surface area contributed by atoms with E-state index in [1.165, 1.54) is 0 Å². The molecule has 0 heterocycles. The van der Waals surface area contributed by atoms with Crippen molar-refractivity contribution in [3.8, 4) is 5.75 Å². The fourth-order valence-corrected chi connectivity index (χ4v) is 1.85. The summed E-state index contributed by atoms with van der Waals surface area (Å²) < 4.78 is 5.62. The smallest absolute Gasteiger partial charge is 0.223 e. The fourth-order valence-electron chi connectivity index (χ4n) is 1.85. The van der Waals surface area contributed by atoms with Crippen LogP contribution in [0.15, 0.2) is 41.9 Å². The Morgan fingerprint density at radius 2 is 2.09 bits per heavy atom. The Hall–Kier alpha value is -2.50. The molecule has 6 heteroatoms. The molecule has 0 radical (unpaired) electrons. The predicted molar refractivity (Wildman–Crippen MR) is 93.6 cm³/mol. The van der Waals surface area contributed by atoms with E-state index in [0.29, 0.717) is 32.1 Å². The molecule has 0 atom stereocenters. The Morgan fingerprint density at radius 1 is 1.35 bits per heavy atom. The van der Waals surface area contributed by atoms with Gasteiger partial charge in [-0.1, -0.05) is 30.9 Å². The first kappa shape index (κ1) is 18.5. The number of amides is 1. The number of nitrogens with zero attached hydrogens (tertiary/aromatic N) is 2. The molecule has 126 valence electrons. The second-order valence-corrected chi connectivity index (χ2v) is 5.10. The lowest BCUT2D eigenvalue weighted by Crippen LogP contribution is -2.38. The number of hydrogen-bond donors (Lipinski definition) is 2. The summed E-state index contributed by atoms with van der Waals surface area (Å²) in [5.41, 5.74) is 1.03. The fraction of sp³-hybridized carbons (Fsp3) is 0.412. The van der Waals surface area contributed by atoms with Crippen molar-refractivity contribution >= 4 is 11.9 Å². The highest BCUT2D eigenvalue weighted by Crippen LogP contribution is 2.17. The summed E-state index contributed by atoms with van der Waals surface area (Å²) in [5, 5.41) is 6.34. The lowest BCUT2D eigenvalue weighted by molar-refractivity contribution is -0.128. The van der Waals surface area contributed by atoms with Crippen molar-refractivity contribution in [1.82, 2.24) is 15.5 Å². The summed E-state index contributed by atoms with van der Waals surface area (Å²) in [4.78, 5) is 17.3. The Kier molecular flexibility index (Phi) is 8.28. The molecule has 1 aromatic rings. The first-order valence-corrected chi connectivity index (χ1v) is 7.54. The van der Waals surface area contributed by atoms with Gasteiger partial charge in [0.2, 0.25) is 5.91 Å². The number of carbonyl (C=O) groups is 1. The third-order valence-corrected chi connectivity index (χ3v) is 3.13. The second kappa shape index (κ2) is 10.3. The number of hydrogen-bond acceptors (Lipinski definition) is 3. The van der Waals surface area contributed by atoms with Crippen LogP contribution in [0.1, 0.15) is 12.0 Å². The van der Waals surface area contributed by atoms with Gasteiger partial charge in [-0.25, -0.2) is 0 Å². The topological polar surface area (TPSA) is 66.0 Å².